The largest absolute Gasteiger partial charge is 0.492 e. The molecule has 4 nitrogen and oxygen atoms in total. The molecule has 0 saturated carbocycles. The second kappa shape index (κ2) is 8.31. The molecule has 0 atom stereocenters. The second-order valence-electron chi connectivity index (χ2n) is 5.30. The van der Waals surface area contributed by atoms with Crippen molar-refractivity contribution in [2.75, 3.05) is 6.61 Å². The van der Waals surface area contributed by atoms with E-state index in [1.165, 1.54) is 12.1 Å². The van der Waals surface area contributed by atoms with Crippen molar-refractivity contribution < 1.29 is 9.13 Å². The zero-order valence-electron chi connectivity index (χ0n) is 13.7. The van der Waals surface area contributed by atoms with E-state index < -0.39 is 0 Å². The van der Waals surface area contributed by atoms with Crippen LogP contribution in [-0.2, 0) is 11.5 Å². The molecule has 0 aliphatic carbocycles. The zero-order valence-corrected chi connectivity index (χ0v) is 15.4. The lowest BCUT2D eigenvalue weighted by Crippen LogP contribution is -2.04. The molecule has 0 bridgehead atoms. The number of aromatic nitrogens is 3. The number of aromatic amines is 1. The predicted octanol–water partition coefficient (Wildman–Crippen LogP) is 4.90. The number of hydrogen-bond acceptors (Lipinski definition) is 4. The highest BCUT2D eigenvalue weighted by Gasteiger charge is 2.12. The highest BCUT2D eigenvalue weighted by molar-refractivity contribution is 7.97. The van der Waals surface area contributed by atoms with Crippen LogP contribution in [0.3, 0.4) is 0 Å². The molecule has 0 spiro atoms. The Labute approximate surface area is 155 Å². The minimum Gasteiger partial charge on any atom is -0.492 e. The van der Waals surface area contributed by atoms with Crippen molar-refractivity contribution >= 4 is 24.0 Å². The highest BCUT2D eigenvalue weighted by atomic mass is 32.2. The maximum absolute atomic E-state index is 13.0. The van der Waals surface area contributed by atoms with Gasteiger partial charge in [-0.2, -0.15) is 5.10 Å². The van der Waals surface area contributed by atoms with Crippen molar-refractivity contribution in [2.45, 2.75) is 18.4 Å². The van der Waals surface area contributed by atoms with Gasteiger partial charge in [-0.05, 0) is 49.0 Å². The van der Waals surface area contributed by atoms with E-state index in [1.54, 1.807) is 23.9 Å². The molecular formula is C18H18FN3OS2. The first-order valence-corrected chi connectivity index (χ1v) is 9.46. The van der Waals surface area contributed by atoms with Gasteiger partial charge in [-0.1, -0.05) is 24.3 Å². The molecule has 1 aromatic heterocycles. The molecule has 3 rings (SSSR count). The quantitative estimate of drug-likeness (QED) is 0.597. The van der Waals surface area contributed by atoms with E-state index in [0.717, 1.165) is 28.6 Å². The Morgan fingerprint density at radius 1 is 1.16 bits per heavy atom. The van der Waals surface area contributed by atoms with Crippen molar-refractivity contribution in [2.24, 2.45) is 0 Å². The topological polar surface area (TPSA) is 42.8 Å². The summed E-state index contributed by atoms with van der Waals surface area (Å²) in [5, 5.41) is 7.21. The average molecular weight is 375 g/mol. The van der Waals surface area contributed by atoms with E-state index in [9.17, 15) is 4.39 Å². The molecule has 0 radical (unpaired) electrons. The fourth-order valence-electron chi connectivity index (χ4n) is 2.44. The average Bonchev–Trinajstić information content (AvgIpc) is 2.98. The van der Waals surface area contributed by atoms with Gasteiger partial charge in [0.2, 0.25) is 0 Å². The van der Waals surface area contributed by atoms with Crippen LogP contribution in [0.15, 0.2) is 48.5 Å². The van der Waals surface area contributed by atoms with E-state index >= 15 is 0 Å². The Morgan fingerprint density at radius 2 is 1.92 bits per heavy atom. The Kier molecular flexibility index (Phi) is 5.88. The van der Waals surface area contributed by atoms with Crippen molar-refractivity contribution in [3.05, 3.63) is 70.5 Å². The smallest absolute Gasteiger partial charge is 0.200 e. The number of nitrogens with zero attached hydrogens (tertiary/aromatic N) is 2. The summed E-state index contributed by atoms with van der Waals surface area (Å²) in [5.74, 6) is 2.82. The first kappa shape index (κ1) is 17.7. The summed E-state index contributed by atoms with van der Waals surface area (Å²) in [4.78, 5) is 0. The third kappa shape index (κ3) is 4.29. The highest BCUT2D eigenvalue weighted by Crippen LogP contribution is 2.26. The summed E-state index contributed by atoms with van der Waals surface area (Å²) in [6.45, 7) is 2.53. The van der Waals surface area contributed by atoms with Crippen LogP contribution in [0.25, 0.3) is 5.69 Å². The molecule has 0 unspecified atom stereocenters. The van der Waals surface area contributed by atoms with Gasteiger partial charge in [-0.3, -0.25) is 9.67 Å². The molecule has 25 heavy (non-hydrogen) atoms. The normalized spacial score (nSPS) is 10.8. The fourth-order valence-corrected chi connectivity index (χ4v) is 3.59. The lowest BCUT2D eigenvalue weighted by Gasteiger charge is -2.12. The third-order valence-corrected chi connectivity index (χ3v) is 4.83. The van der Waals surface area contributed by atoms with E-state index in [2.05, 4.69) is 10.2 Å². The van der Waals surface area contributed by atoms with Crippen LogP contribution in [-0.4, -0.2) is 21.4 Å². The van der Waals surface area contributed by atoms with Gasteiger partial charge >= 0.3 is 0 Å². The zero-order chi connectivity index (χ0) is 17.6. The van der Waals surface area contributed by atoms with E-state index in [0.29, 0.717) is 17.1 Å². The monoisotopic (exact) mass is 375 g/mol. The Hall–Kier alpha value is -2.12. The standard InChI is InChI=1S/C18H18FN3OS2/c1-2-23-16-6-4-3-5-15(16)22-17(20-21-18(22)24)12-25-11-13-7-9-14(19)10-8-13/h3-10H,2,11-12H2,1H3,(H,21,24). The maximum atomic E-state index is 13.0. The lowest BCUT2D eigenvalue weighted by atomic mass is 10.2. The van der Waals surface area contributed by atoms with Crippen LogP contribution in [0.1, 0.15) is 18.3 Å². The predicted molar refractivity (Wildman–Crippen MR) is 101 cm³/mol. The number of halogens is 1. The minimum atomic E-state index is -0.220. The first-order valence-electron chi connectivity index (χ1n) is 7.89. The van der Waals surface area contributed by atoms with Crippen molar-refractivity contribution in [3.63, 3.8) is 0 Å². The molecule has 0 aliphatic heterocycles. The Balaban J connectivity index is 1.78. The number of thioether (sulfide) groups is 1. The van der Waals surface area contributed by atoms with Gasteiger partial charge in [-0.25, -0.2) is 4.39 Å². The van der Waals surface area contributed by atoms with Gasteiger partial charge in [0.05, 0.1) is 18.0 Å². The summed E-state index contributed by atoms with van der Waals surface area (Å²) in [5.41, 5.74) is 1.95. The number of ether oxygens (including phenoxy) is 1. The molecule has 7 heteroatoms. The molecule has 130 valence electrons. The number of para-hydroxylation sites is 2. The molecular weight excluding hydrogens is 357 g/mol. The van der Waals surface area contributed by atoms with Crippen LogP contribution in [0.4, 0.5) is 4.39 Å². The van der Waals surface area contributed by atoms with Crippen LogP contribution < -0.4 is 4.74 Å². The summed E-state index contributed by atoms with van der Waals surface area (Å²) < 4.78 is 21.1. The summed E-state index contributed by atoms with van der Waals surface area (Å²) in [6, 6.07) is 14.3. The molecule has 3 aromatic rings. The molecule has 0 amide bonds. The molecule has 2 aromatic carbocycles. The number of rotatable bonds is 7. The van der Waals surface area contributed by atoms with Crippen LogP contribution in [0, 0.1) is 10.6 Å². The molecule has 1 heterocycles. The second-order valence-corrected chi connectivity index (χ2v) is 6.67. The van der Waals surface area contributed by atoms with E-state index in [4.69, 9.17) is 17.0 Å². The Morgan fingerprint density at radius 3 is 2.68 bits per heavy atom. The van der Waals surface area contributed by atoms with Gasteiger partial charge in [0, 0.05) is 5.75 Å². The first-order chi connectivity index (χ1) is 12.2. The summed E-state index contributed by atoms with van der Waals surface area (Å²) in [6.07, 6.45) is 0. The molecule has 0 fully saturated rings. The summed E-state index contributed by atoms with van der Waals surface area (Å²) in [7, 11) is 0. The van der Waals surface area contributed by atoms with Crippen LogP contribution >= 0.6 is 24.0 Å². The van der Waals surface area contributed by atoms with E-state index in [-0.39, 0.29) is 5.82 Å². The van der Waals surface area contributed by atoms with Crippen molar-refractivity contribution in [1.29, 1.82) is 0 Å². The van der Waals surface area contributed by atoms with Gasteiger partial charge < -0.3 is 4.74 Å². The third-order valence-electron chi connectivity index (χ3n) is 3.56. The van der Waals surface area contributed by atoms with Gasteiger partial charge in [0.15, 0.2) is 4.77 Å². The number of benzene rings is 2. The lowest BCUT2D eigenvalue weighted by molar-refractivity contribution is 0.339. The summed E-state index contributed by atoms with van der Waals surface area (Å²) >= 11 is 7.09. The Bertz CT molecular complexity index is 890. The number of nitrogens with one attached hydrogen (secondary N) is 1. The van der Waals surface area contributed by atoms with E-state index in [1.807, 2.05) is 35.8 Å². The van der Waals surface area contributed by atoms with Crippen molar-refractivity contribution in [3.8, 4) is 11.4 Å². The van der Waals surface area contributed by atoms with Gasteiger partial charge in [0.25, 0.3) is 0 Å². The van der Waals surface area contributed by atoms with Gasteiger partial charge in [-0.15, -0.1) is 11.8 Å². The van der Waals surface area contributed by atoms with Crippen LogP contribution in [0.2, 0.25) is 0 Å². The maximum Gasteiger partial charge on any atom is 0.200 e. The molecule has 1 N–H and O–H groups in total. The fraction of sp³-hybridized carbons (Fsp3) is 0.222. The molecule has 0 saturated heterocycles. The van der Waals surface area contributed by atoms with Gasteiger partial charge in [0.1, 0.15) is 17.4 Å². The van der Waals surface area contributed by atoms with Crippen LogP contribution in [0.5, 0.6) is 5.75 Å². The van der Waals surface area contributed by atoms with Crippen molar-refractivity contribution in [1.82, 2.24) is 14.8 Å². The molecule has 0 aliphatic rings. The SMILES string of the molecule is CCOc1ccccc1-n1c(CSCc2ccc(F)cc2)n[nH]c1=S. The number of H-pyrrole nitrogens is 1. The minimum absolute atomic E-state index is 0.220. The number of hydrogen-bond donors (Lipinski definition) is 1.